The maximum Gasteiger partial charge on any atom is 0.253 e. The minimum Gasteiger partial charge on any atom is -0.345 e. The van der Waals surface area contributed by atoms with Crippen LogP contribution >= 0.6 is 0 Å². The summed E-state index contributed by atoms with van der Waals surface area (Å²) >= 11 is 0. The van der Waals surface area contributed by atoms with Crippen LogP contribution in [0, 0.1) is 12.8 Å². The molecule has 0 spiro atoms. The molecule has 1 fully saturated rings. The van der Waals surface area contributed by atoms with Crippen LogP contribution in [0.3, 0.4) is 0 Å². The first kappa shape index (κ1) is 14.5. The minimum absolute atomic E-state index is 0.0163. The highest BCUT2D eigenvalue weighted by atomic mass is 16.2. The predicted molar refractivity (Wildman–Crippen MR) is 78.8 cm³/mol. The molecule has 0 aromatic heterocycles. The zero-order valence-corrected chi connectivity index (χ0v) is 12.2. The Kier molecular flexibility index (Phi) is 4.39. The molecule has 1 aliphatic heterocycles. The normalized spacial score (nSPS) is 17.9. The lowest BCUT2D eigenvalue weighted by Crippen LogP contribution is -2.25. The van der Waals surface area contributed by atoms with E-state index in [1.807, 2.05) is 13.0 Å². The molecule has 1 saturated heterocycles. The summed E-state index contributed by atoms with van der Waals surface area (Å²) in [5, 5.41) is 6.11. The Bertz CT molecular complexity index is 520. The number of carbonyl (C=O) groups excluding carboxylic acids is 2. The summed E-state index contributed by atoms with van der Waals surface area (Å²) in [5.41, 5.74) is 2.26. The number of rotatable bonds is 3. The number of amides is 2. The Hall–Kier alpha value is -1.88. The molecule has 2 N–H and O–H groups in total. The Morgan fingerprint density at radius 2 is 2.10 bits per heavy atom. The van der Waals surface area contributed by atoms with Crippen LogP contribution in [0.4, 0.5) is 5.69 Å². The Balaban J connectivity index is 2.16. The Morgan fingerprint density at radius 1 is 1.35 bits per heavy atom. The average Bonchev–Trinajstić information content (AvgIpc) is 2.94. The summed E-state index contributed by atoms with van der Waals surface area (Å²) in [6.07, 6.45) is 0.862. The van der Waals surface area contributed by atoms with Gasteiger partial charge < -0.3 is 15.5 Å². The summed E-state index contributed by atoms with van der Waals surface area (Å²) in [4.78, 5) is 25.6. The lowest BCUT2D eigenvalue weighted by atomic mass is 10.1. The molecule has 1 aromatic carbocycles. The number of carbonyl (C=O) groups is 2. The third-order valence-electron chi connectivity index (χ3n) is 3.58. The van der Waals surface area contributed by atoms with Gasteiger partial charge in [-0.3, -0.25) is 9.59 Å². The van der Waals surface area contributed by atoms with Gasteiger partial charge in [0.25, 0.3) is 5.91 Å². The second kappa shape index (κ2) is 6.05. The van der Waals surface area contributed by atoms with Crippen molar-refractivity contribution >= 4 is 17.5 Å². The zero-order valence-electron chi connectivity index (χ0n) is 12.2. The van der Waals surface area contributed by atoms with E-state index in [9.17, 15) is 9.59 Å². The van der Waals surface area contributed by atoms with Crippen molar-refractivity contribution in [1.82, 2.24) is 10.2 Å². The molecule has 1 aromatic rings. The summed E-state index contributed by atoms with van der Waals surface area (Å²) < 4.78 is 0. The molecule has 0 aliphatic carbocycles. The standard InChI is InChI=1S/C15H21N3O2/c1-10-4-5-11(15(20)18(2)3)8-13(10)17-14(19)12-6-7-16-9-12/h4-5,8,12,16H,6-7,9H2,1-3H3,(H,17,19). The van der Waals surface area contributed by atoms with Crippen LogP contribution < -0.4 is 10.6 Å². The van der Waals surface area contributed by atoms with Crippen LogP contribution in [0.15, 0.2) is 18.2 Å². The topological polar surface area (TPSA) is 61.4 Å². The van der Waals surface area contributed by atoms with E-state index >= 15 is 0 Å². The number of hydrogen-bond acceptors (Lipinski definition) is 3. The van der Waals surface area contributed by atoms with Crippen LogP contribution in [0.1, 0.15) is 22.3 Å². The van der Waals surface area contributed by atoms with Gasteiger partial charge in [-0.1, -0.05) is 6.07 Å². The SMILES string of the molecule is Cc1ccc(C(=O)N(C)C)cc1NC(=O)C1CCNC1. The maximum atomic E-state index is 12.1. The van der Waals surface area contributed by atoms with E-state index in [4.69, 9.17) is 0 Å². The van der Waals surface area contributed by atoms with Gasteiger partial charge in [0.05, 0.1) is 5.92 Å². The molecule has 20 heavy (non-hydrogen) atoms. The monoisotopic (exact) mass is 275 g/mol. The van der Waals surface area contributed by atoms with E-state index < -0.39 is 0 Å². The highest BCUT2D eigenvalue weighted by Gasteiger charge is 2.23. The van der Waals surface area contributed by atoms with E-state index in [1.165, 1.54) is 4.90 Å². The summed E-state index contributed by atoms with van der Waals surface area (Å²) in [6.45, 7) is 3.53. The first-order valence-electron chi connectivity index (χ1n) is 6.83. The fraction of sp³-hybridized carbons (Fsp3) is 0.467. The van der Waals surface area contributed by atoms with Gasteiger partial charge in [0.15, 0.2) is 0 Å². The van der Waals surface area contributed by atoms with Gasteiger partial charge in [-0.2, -0.15) is 0 Å². The van der Waals surface area contributed by atoms with Gasteiger partial charge in [-0.05, 0) is 37.6 Å². The van der Waals surface area contributed by atoms with Gasteiger partial charge in [-0.25, -0.2) is 0 Å². The van der Waals surface area contributed by atoms with E-state index in [1.54, 1.807) is 26.2 Å². The first-order valence-corrected chi connectivity index (χ1v) is 6.83. The molecule has 2 amide bonds. The molecule has 0 saturated carbocycles. The van der Waals surface area contributed by atoms with Gasteiger partial charge in [0.1, 0.15) is 0 Å². The second-order valence-corrected chi connectivity index (χ2v) is 5.41. The van der Waals surface area contributed by atoms with Gasteiger partial charge in [0, 0.05) is 31.9 Å². The number of nitrogens with zero attached hydrogens (tertiary/aromatic N) is 1. The fourth-order valence-corrected chi connectivity index (χ4v) is 2.26. The third kappa shape index (κ3) is 3.17. The quantitative estimate of drug-likeness (QED) is 0.872. The van der Waals surface area contributed by atoms with Gasteiger partial charge in [0.2, 0.25) is 5.91 Å². The van der Waals surface area contributed by atoms with E-state index in [2.05, 4.69) is 10.6 Å². The molecule has 5 nitrogen and oxygen atoms in total. The zero-order chi connectivity index (χ0) is 14.7. The number of benzene rings is 1. The van der Waals surface area contributed by atoms with Crippen molar-refractivity contribution in [2.24, 2.45) is 5.92 Å². The van der Waals surface area contributed by atoms with Crippen LogP contribution in [-0.4, -0.2) is 43.9 Å². The number of anilines is 1. The Morgan fingerprint density at radius 3 is 2.70 bits per heavy atom. The van der Waals surface area contributed by atoms with E-state index in [0.29, 0.717) is 5.56 Å². The van der Waals surface area contributed by atoms with Crippen LogP contribution in [0.2, 0.25) is 0 Å². The van der Waals surface area contributed by atoms with Gasteiger partial charge >= 0.3 is 0 Å². The molecular formula is C15H21N3O2. The van der Waals surface area contributed by atoms with Crippen molar-refractivity contribution < 1.29 is 9.59 Å². The summed E-state index contributed by atoms with van der Waals surface area (Å²) in [7, 11) is 3.43. The molecule has 0 bridgehead atoms. The fourth-order valence-electron chi connectivity index (χ4n) is 2.26. The van der Waals surface area contributed by atoms with Crippen molar-refractivity contribution in [3.05, 3.63) is 29.3 Å². The Labute approximate surface area is 119 Å². The van der Waals surface area contributed by atoms with E-state index in [-0.39, 0.29) is 17.7 Å². The van der Waals surface area contributed by atoms with Crippen molar-refractivity contribution in [1.29, 1.82) is 0 Å². The van der Waals surface area contributed by atoms with Gasteiger partial charge in [-0.15, -0.1) is 0 Å². The first-order chi connectivity index (χ1) is 9.49. The highest BCUT2D eigenvalue weighted by molar-refractivity contribution is 5.98. The molecule has 1 unspecified atom stereocenters. The van der Waals surface area contributed by atoms with Crippen molar-refractivity contribution in [3.8, 4) is 0 Å². The number of nitrogens with one attached hydrogen (secondary N) is 2. The average molecular weight is 275 g/mol. The van der Waals surface area contributed by atoms with Crippen molar-refractivity contribution in [2.45, 2.75) is 13.3 Å². The molecule has 1 heterocycles. The third-order valence-corrected chi connectivity index (χ3v) is 3.58. The predicted octanol–water partition coefficient (Wildman–Crippen LogP) is 1.24. The molecule has 0 radical (unpaired) electrons. The van der Waals surface area contributed by atoms with Crippen LogP contribution in [0.25, 0.3) is 0 Å². The lowest BCUT2D eigenvalue weighted by molar-refractivity contribution is -0.119. The summed E-state index contributed by atoms with van der Waals surface area (Å²) in [5.74, 6) is -0.0295. The van der Waals surface area contributed by atoms with E-state index in [0.717, 1.165) is 30.8 Å². The van der Waals surface area contributed by atoms with Crippen LogP contribution in [0.5, 0.6) is 0 Å². The molecule has 2 rings (SSSR count). The molecule has 1 aliphatic rings. The number of hydrogen-bond donors (Lipinski definition) is 2. The highest BCUT2D eigenvalue weighted by Crippen LogP contribution is 2.20. The van der Waals surface area contributed by atoms with Crippen molar-refractivity contribution in [2.75, 3.05) is 32.5 Å². The van der Waals surface area contributed by atoms with Crippen molar-refractivity contribution in [3.63, 3.8) is 0 Å². The molecule has 108 valence electrons. The lowest BCUT2D eigenvalue weighted by Gasteiger charge is -2.15. The minimum atomic E-state index is -0.0666. The molecule has 1 atom stereocenters. The molecule has 5 heteroatoms. The smallest absolute Gasteiger partial charge is 0.253 e. The largest absolute Gasteiger partial charge is 0.345 e. The number of aryl methyl sites for hydroxylation is 1. The maximum absolute atomic E-state index is 12.1. The van der Waals surface area contributed by atoms with Crippen LogP contribution in [-0.2, 0) is 4.79 Å². The summed E-state index contributed by atoms with van der Waals surface area (Å²) in [6, 6.07) is 5.39. The molecular weight excluding hydrogens is 254 g/mol. The second-order valence-electron chi connectivity index (χ2n) is 5.41.